The van der Waals surface area contributed by atoms with E-state index in [1.54, 1.807) is 6.07 Å². The Morgan fingerprint density at radius 3 is 2.63 bits per heavy atom. The van der Waals surface area contributed by atoms with Gasteiger partial charge in [-0.15, -0.1) is 0 Å². The van der Waals surface area contributed by atoms with E-state index in [1.165, 1.54) is 0 Å². The van der Waals surface area contributed by atoms with Crippen molar-refractivity contribution in [2.75, 3.05) is 0 Å². The first kappa shape index (κ1) is 15.6. The van der Waals surface area contributed by atoms with Crippen molar-refractivity contribution in [1.82, 2.24) is 9.55 Å². The van der Waals surface area contributed by atoms with Crippen LogP contribution in [0.5, 0.6) is 0 Å². The number of hydrogen-bond acceptors (Lipinski definition) is 3. The summed E-state index contributed by atoms with van der Waals surface area (Å²) in [7, 11) is 4.15. The van der Waals surface area contributed by atoms with Gasteiger partial charge in [-0.3, -0.25) is 0 Å². The number of benzene rings is 2. The largest absolute Gasteiger partial charge is 0.437 e. The number of rotatable bonds is 1. The van der Waals surface area contributed by atoms with Crippen LogP contribution in [0.2, 0.25) is 0 Å². The Hall–Kier alpha value is -3.65. The molecule has 0 bridgehead atoms. The van der Waals surface area contributed by atoms with Crippen LogP contribution in [0.25, 0.3) is 44.5 Å². The van der Waals surface area contributed by atoms with E-state index in [1.807, 2.05) is 18.2 Å². The topological polar surface area (TPSA) is 58.6 Å². The highest BCUT2D eigenvalue weighted by atomic mass is 16.3. The van der Waals surface area contributed by atoms with E-state index >= 15 is 0 Å². The van der Waals surface area contributed by atoms with Crippen LogP contribution >= 0.6 is 0 Å². The second kappa shape index (κ2) is 5.42. The van der Waals surface area contributed by atoms with Crippen molar-refractivity contribution in [3.05, 3.63) is 59.8 Å². The molecule has 0 radical (unpaired) electrons. The molecule has 0 unspecified atom stereocenters. The number of aromatic nitrogens is 3. The maximum absolute atomic E-state index is 9.14. The smallest absolute Gasteiger partial charge is 0.293 e. The van der Waals surface area contributed by atoms with Gasteiger partial charge in [0.2, 0.25) is 5.71 Å². The van der Waals surface area contributed by atoms with E-state index in [2.05, 4.69) is 65.5 Å². The fraction of sp³-hybridized carbons (Fsp3) is 0.136. The standard InChI is InChI=1S/C22H17N4O/c1-13-8-10-15-16-11-9-14(12-23)24-21(16)27-20(15)19(13)22-25(2)17-6-4-5-7-18(17)26(22)3/h4-11H,1-3H3/q+1. The molecule has 0 N–H and O–H groups in total. The van der Waals surface area contributed by atoms with Crippen LogP contribution in [0, 0.1) is 18.3 Å². The normalized spacial score (nSPS) is 11.5. The first-order valence-electron chi connectivity index (χ1n) is 8.77. The van der Waals surface area contributed by atoms with Gasteiger partial charge < -0.3 is 4.42 Å². The highest BCUT2D eigenvalue weighted by Gasteiger charge is 2.27. The van der Waals surface area contributed by atoms with Crippen molar-refractivity contribution in [3.63, 3.8) is 0 Å². The quantitative estimate of drug-likeness (QED) is 0.426. The van der Waals surface area contributed by atoms with E-state index in [9.17, 15) is 0 Å². The molecular weight excluding hydrogens is 336 g/mol. The Kier molecular flexibility index (Phi) is 3.13. The number of imidazole rings is 1. The monoisotopic (exact) mass is 353 g/mol. The van der Waals surface area contributed by atoms with E-state index in [0.717, 1.165) is 44.3 Å². The van der Waals surface area contributed by atoms with Gasteiger partial charge >= 0.3 is 0 Å². The van der Waals surface area contributed by atoms with Crippen molar-refractivity contribution in [2.45, 2.75) is 6.92 Å². The maximum atomic E-state index is 9.14. The average molecular weight is 353 g/mol. The minimum absolute atomic E-state index is 0.356. The first-order valence-corrected chi connectivity index (χ1v) is 8.77. The van der Waals surface area contributed by atoms with Crippen LogP contribution in [0.1, 0.15) is 11.3 Å². The minimum atomic E-state index is 0.356. The second-order valence-corrected chi connectivity index (χ2v) is 6.83. The zero-order valence-electron chi connectivity index (χ0n) is 15.3. The number of aryl methyl sites for hydroxylation is 3. The Bertz CT molecular complexity index is 1380. The molecule has 0 spiro atoms. The van der Waals surface area contributed by atoms with E-state index in [4.69, 9.17) is 9.68 Å². The molecule has 2 aromatic carbocycles. The molecule has 0 saturated heterocycles. The number of nitrogens with zero attached hydrogens (tertiary/aromatic N) is 4. The third-order valence-electron chi connectivity index (χ3n) is 5.29. The molecular formula is C22H17N4O+. The van der Waals surface area contributed by atoms with Crippen molar-refractivity contribution in [1.29, 1.82) is 5.26 Å². The molecule has 3 aromatic heterocycles. The van der Waals surface area contributed by atoms with Crippen molar-refractivity contribution < 1.29 is 8.98 Å². The van der Waals surface area contributed by atoms with Crippen LogP contribution in [-0.2, 0) is 14.1 Å². The number of furan rings is 1. The maximum Gasteiger partial charge on any atom is 0.293 e. The van der Waals surface area contributed by atoms with Gasteiger partial charge in [0.1, 0.15) is 17.3 Å². The molecule has 0 aliphatic heterocycles. The number of pyridine rings is 1. The zero-order valence-corrected chi connectivity index (χ0v) is 15.3. The molecule has 0 aliphatic rings. The third kappa shape index (κ3) is 2.04. The predicted octanol–water partition coefficient (Wildman–Crippen LogP) is 4.14. The molecule has 5 aromatic rings. The third-order valence-corrected chi connectivity index (χ3v) is 5.29. The summed E-state index contributed by atoms with van der Waals surface area (Å²) in [6.07, 6.45) is 0. The van der Waals surface area contributed by atoms with Gasteiger partial charge in [0.15, 0.2) is 16.6 Å². The number of nitriles is 1. The van der Waals surface area contributed by atoms with Gasteiger partial charge in [0.05, 0.1) is 14.1 Å². The van der Waals surface area contributed by atoms with Crippen molar-refractivity contribution in [2.24, 2.45) is 14.1 Å². The number of fused-ring (bicyclic) bond motifs is 4. The van der Waals surface area contributed by atoms with E-state index < -0.39 is 0 Å². The average Bonchev–Trinajstić information content (AvgIpc) is 3.17. The van der Waals surface area contributed by atoms with Crippen LogP contribution in [0.15, 0.2) is 52.9 Å². The van der Waals surface area contributed by atoms with Crippen LogP contribution in [0.4, 0.5) is 0 Å². The molecule has 5 nitrogen and oxygen atoms in total. The molecule has 3 heterocycles. The molecule has 0 fully saturated rings. The second-order valence-electron chi connectivity index (χ2n) is 6.83. The van der Waals surface area contributed by atoms with Gasteiger partial charge in [0, 0.05) is 10.8 Å². The lowest BCUT2D eigenvalue weighted by molar-refractivity contribution is -0.634. The molecule has 27 heavy (non-hydrogen) atoms. The Morgan fingerprint density at radius 1 is 1.07 bits per heavy atom. The Morgan fingerprint density at radius 2 is 1.85 bits per heavy atom. The number of hydrogen-bond donors (Lipinski definition) is 0. The van der Waals surface area contributed by atoms with Gasteiger partial charge in [-0.05, 0) is 36.8 Å². The van der Waals surface area contributed by atoms with Gasteiger partial charge in [-0.1, -0.05) is 24.3 Å². The van der Waals surface area contributed by atoms with Gasteiger partial charge in [-0.2, -0.15) is 5.26 Å². The molecule has 0 aliphatic carbocycles. The van der Waals surface area contributed by atoms with Crippen molar-refractivity contribution in [3.8, 4) is 17.5 Å². The lowest BCUT2D eigenvalue weighted by Crippen LogP contribution is -2.30. The highest BCUT2D eigenvalue weighted by molar-refractivity contribution is 6.08. The van der Waals surface area contributed by atoms with Crippen molar-refractivity contribution >= 4 is 33.1 Å². The fourth-order valence-electron chi connectivity index (χ4n) is 3.98. The Labute approximate surface area is 155 Å². The summed E-state index contributed by atoms with van der Waals surface area (Å²) in [5.41, 5.74) is 6.15. The SMILES string of the molecule is Cc1ccc2c(oc3nc(C#N)ccc32)c1-c1n(C)c2ccccc2[n+]1C. The van der Waals surface area contributed by atoms with Crippen LogP contribution in [0.3, 0.4) is 0 Å². The van der Waals surface area contributed by atoms with E-state index in [0.29, 0.717) is 11.4 Å². The molecule has 0 atom stereocenters. The first-order chi connectivity index (χ1) is 13.1. The number of para-hydroxylation sites is 2. The lowest BCUT2D eigenvalue weighted by Gasteiger charge is -2.04. The van der Waals surface area contributed by atoms with Gasteiger partial charge in [-0.25, -0.2) is 14.1 Å². The molecule has 130 valence electrons. The molecule has 5 rings (SSSR count). The summed E-state index contributed by atoms with van der Waals surface area (Å²) < 4.78 is 10.6. The molecule has 5 heteroatoms. The summed E-state index contributed by atoms with van der Waals surface area (Å²) >= 11 is 0. The van der Waals surface area contributed by atoms with Crippen LogP contribution in [-0.4, -0.2) is 9.55 Å². The fourth-order valence-corrected chi connectivity index (χ4v) is 3.98. The summed E-state index contributed by atoms with van der Waals surface area (Å²) in [5.74, 6) is 1.07. The molecule has 0 saturated carbocycles. The van der Waals surface area contributed by atoms with E-state index in [-0.39, 0.29) is 0 Å². The molecule has 0 amide bonds. The summed E-state index contributed by atoms with van der Waals surface area (Å²) in [4.78, 5) is 4.34. The predicted molar refractivity (Wildman–Crippen MR) is 104 cm³/mol. The summed E-state index contributed by atoms with van der Waals surface area (Å²) in [6, 6.07) is 18.2. The lowest BCUT2D eigenvalue weighted by atomic mass is 10.0. The Balaban J connectivity index is 1.94. The summed E-state index contributed by atoms with van der Waals surface area (Å²) in [6.45, 7) is 2.09. The highest BCUT2D eigenvalue weighted by Crippen LogP contribution is 2.37. The van der Waals surface area contributed by atoms with Crippen LogP contribution < -0.4 is 4.57 Å². The minimum Gasteiger partial charge on any atom is -0.437 e. The summed E-state index contributed by atoms with van der Waals surface area (Å²) in [5, 5.41) is 11.1. The van der Waals surface area contributed by atoms with Gasteiger partial charge in [0.25, 0.3) is 5.82 Å². The zero-order chi connectivity index (χ0) is 18.7.